The maximum Gasteiger partial charge on any atom is 0.0541 e. The van der Waals surface area contributed by atoms with Gasteiger partial charge in [-0.15, -0.1) is 0 Å². The van der Waals surface area contributed by atoms with Crippen LogP contribution >= 0.6 is 0 Å². The molecular weight excluding hydrogens is 544 g/mol. The van der Waals surface area contributed by atoms with Crippen LogP contribution in [-0.2, 0) is 0 Å². The number of rotatable bonds is 6. The van der Waals surface area contributed by atoms with Gasteiger partial charge in [-0.05, 0) is 77.7 Å². The molecule has 0 spiro atoms. The van der Waals surface area contributed by atoms with Crippen molar-refractivity contribution in [2.75, 3.05) is 0 Å². The van der Waals surface area contributed by atoms with Gasteiger partial charge in [0.05, 0.1) is 22.2 Å². The van der Waals surface area contributed by atoms with Gasteiger partial charge in [-0.3, -0.25) is 0 Å². The van der Waals surface area contributed by atoms with Crippen molar-refractivity contribution in [1.29, 1.82) is 0 Å². The summed E-state index contributed by atoms with van der Waals surface area (Å²) in [6.07, 6.45) is 6.22. The molecule has 0 saturated carbocycles. The molecule has 0 N–H and O–H groups in total. The first kappa shape index (κ1) is 26.7. The van der Waals surface area contributed by atoms with E-state index in [9.17, 15) is 0 Å². The van der Waals surface area contributed by atoms with Crippen molar-refractivity contribution in [2.45, 2.75) is 6.92 Å². The molecule has 0 aliphatic rings. The van der Waals surface area contributed by atoms with Crippen molar-refractivity contribution >= 4 is 44.9 Å². The van der Waals surface area contributed by atoms with Gasteiger partial charge in [-0.25, -0.2) is 0 Å². The molecule has 8 aromatic rings. The van der Waals surface area contributed by atoms with Crippen LogP contribution < -0.4 is 0 Å². The topological polar surface area (TPSA) is 9.86 Å². The Kier molecular flexibility index (Phi) is 6.54. The van der Waals surface area contributed by atoms with E-state index in [2.05, 4.69) is 180 Å². The number of fused-ring (bicyclic) bond motifs is 4. The number of nitrogens with zero attached hydrogens (tertiary/aromatic N) is 2. The first-order chi connectivity index (χ1) is 22.2. The molecule has 8 rings (SSSR count). The summed E-state index contributed by atoms with van der Waals surface area (Å²) >= 11 is 0. The molecular formula is C43H32N2. The fourth-order valence-electron chi connectivity index (χ4n) is 6.77. The van der Waals surface area contributed by atoms with Crippen molar-refractivity contribution in [3.05, 3.63) is 170 Å². The molecule has 0 amide bonds. The fraction of sp³-hybridized carbons (Fsp3) is 0.0233. The summed E-state index contributed by atoms with van der Waals surface area (Å²) < 4.78 is 4.66. The second-order valence-electron chi connectivity index (χ2n) is 11.4. The van der Waals surface area contributed by atoms with Gasteiger partial charge in [0.25, 0.3) is 0 Å². The Bertz CT molecular complexity index is 2310. The molecule has 0 aliphatic heterocycles. The van der Waals surface area contributed by atoms with Gasteiger partial charge in [0.1, 0.15) is 0 Å². The van der Waals surface area contributed by atoms with E-state index in [1.807, 2.05) is 6.08 Å². The summed E-state index contributed by atoms with van der Waals surface area (Å²) in [5, 5.41) is 3.79. The molecule has 0 fully saturated rings. The molecule has 2 nitrogen and oxygen atoms in total. The van der Waals surface area contributed by atoms with E-state index in [-0.39, 0.29) is 0 Å². The minimum atomic E-state index is 1.11. The lowest BCUT2D eigenvalue weighted by molar-refractivity contribution is 1.11. The SMILES string of the molecule is C=Cc1c(/C=C\C)c2ccccc2n1-c1ccc(-c2ccc(-c3ccc(-n4c5ccccc5c5ccccc54)cc3)cc2)cc1. The number of hydrogen-bond donors (Lipinski definition) is 0. The highest BCUT2D eigenvalue weighted by molar-refractivity contribution is 6.09. The van der Waals surface area contributed by atoms with Crippen LogP contribution in [0.1, 0.15) is 18.2 Å². The first-order valence-electron chi connectivity index (χ1n) is 15.4. The summed E-state index contributed by atoms with van der Waals surface area (Å²) in [6, 6.07) is 52.4. The number of hydrogen-bond acceptors (Lipinski definition) is 0. The van der Waals surface area contributed by atoms with Gasteiger partial charge < -0.3 is 9.13 Å². The van der Waals surface area contributed by atoms with Crippen LogP contribution in [-0.4, -0.2) is 9.13 Å². The monoisotopic (exact) mass is 576 g/mol. The molecule has 0 saturated heterocycles. The zero-order chi connectivity index (χ0) is 30.3. The lowest BCUT2D eigenvalue weighted by Crippen LogP contribution is -1.96. The van der Waals surface area contributed by atoms with Gasteiger partial charge in [0.15, 0.2) is 0 Å². The van der Waals surface area contributed by atoms with Crippen molar-refractivity contribution in [3.63, 3.8) is 0 Å². The van der Waals surface area contributed by atoms with Crippen LogP contribution in [0.3, 0.4) is 0 Å². The molecule has 2 heteroatoms. The largest absolute Gasteiger partial charge is 0.309 e. The van der Waals surface area contributed by atoms with E-state index in [0.29, 0.717) is 0 Å². The minimum Gasteiger partial charge on any atom is -0.309 e. The lowest BCUT2D eigenvalue weighted by atomic mass is 10.00. The molecule has 0 unspecified atom stereocenters. The maximum atomic E-state index is 4.14. The summed E-state index contributed by atoms with van der Waals surface area (Å²) in [6.45, 7) is 6.20. The van der Waals surface area contributed by atoms with E-state index in [1.54, 1.807) is 0 Å². The Morgan fingerprint density at radius 3 is 1.27 bits per heavy atom. The third kappa shape index (κ3) is 4.42. The van der Waals surface area contributed by atoms with Crippen molar-refractivity contribution in [1.82, 2.24) is 9.13 Å². The number of allylic oxidation sites excluding steroid dienone is 1. The summed E-state index contributed by atoms with van der Waals surface area (Å²) in [4.78, 5) is 0. The Hall–Kier alpha value is -5.86. The molecule has 2 heterocycles. The van der Waals surface area contributed by atoms with Crippen LogP contribution in [0, 0.1) is 0 Å². The third-order valence-corrected chi connectivity index (χ3v) is 8.86. The van der Waals surface area contributed by atoms with Gasteiger partial charge in [-0.1, -0.05) is 122 Å². The second kappa shape index (κ2) is 11.0. The first-order valence-corrected chi connectivity index (χ1v) is 15.4. The van der Waals surface area contributed by atoms with Crippen molar-refractivity contribution < 1.29 is 0 Å². The zero-order valence-corrected chi connectivity index (χ0v) is 25.2. The number of aromatic nitrogens is 2. The summed E-state index contributed by atoms with van der Waals surface area (Å²) in [5.74, 6) is 0. The van der Waals surface area contributed by atoms with Gasteiger partial charge >= 0.3 is 0 Å². The fourth-order valence-corrected chi connectivity index (χ4v) is 6.77. The minimum absolute atomic E-state index is 1.11. The van der Waals surface area contributed by atoms with Gasteiger partial charge in [-0.2, -0.15) is 0 Å². The Morgan fingerprint density at radius 2 is 0.822 bits per heavy atom. The Labute approximate surface area is 263 Å². The quantitative estimate of drug-likeness (QED) is 0.186. The highest BCUT2D eigenvalue weighted by Crippen LogP contribution is 2.34. The highest BCUT2D eigenvalue weighted by Gasteiger charge is 2.15. The van der Waals surface area contributed by atoms with Crippen LogP contribution in [0.2, 0.25) is 0 Å². The summed E-state index contributed by atoms with van der Waals surface area (Å²) in [7, 11) is 0. The van der Waals surface area contributed by atoms with Crippen LogP contribution in [0.4, 0.5) is 0 Å². The zero-order valence-electron chi connectivity index (χ0n) is 25.2. The van der Waals surface area contributed by atoms with Crippen LogP contribution in [0.15, 0.2) is 158 Å². The lowest BCUT2D eigenvalue weighted by Gasteiger charge is -2.11. The third-order valence-electron chi connectivity index (χ3n) is 8.86. The van der Waals surface area contributed by atoms with E-state index in [0.717, 1.165) is 11.4 Å². The van der Waals surface area contributed by atoms with Gasteiger partial charge in [0, 0.05) is 33.1 Å². The van der Waals surface area contributed by atoms with E-state index in [1.165, 1.54) is 66.2 Å². The molecule has 214 valence electrons. The van der Waals surface area contributed by atoms with E-state index >= 15 is 0 Å². The van der Waals surface area contributed by atoms with Crippen molar-refractivity contribution in [3.8, 4) is 33.6 Å². The second-order valence-corrected chi connectivity index (χ2v) is 11.4. The van der Waals surface area contributed by atoms with Crippen LogP contribution in [0.25, 0.3) is 78.5 Å². The maximum absolute atomic E-state index is 4.14. The number of para-hydroxylation sites is 3. The number of benzene rings is 6. The molecule has 0 bridgehead atoms. The molecule has 0 atom stereocenters. The summed E-state index contributed by atoms with van der Waals surface area (Å²) in [5.41, 5.74) is 13.0. The highest BCUT2D eigenvalue weighted by atomic mass is 15.0. The molecule has 6 aromatic carbocycles. The normalized spacial score (nSPS) is 11.7. The average Bonchev–Trinajstić information content (AvgIpc) is 3.61. The Balaban J connectivity index is 1.09. The molecule has 0 aliphatic carbocycles. The standard InChI is InChI=1S/C43H32N2/c1-3-11-36-37-12-5-8-15-41(37)44(40(36)4-2)34-26-22-32(23-27-34)30-18-20-31(21-19-30)33-24-28-35(29-25-33)45-42-16-9-6-13-38(42)39-14-7-10-17-43(39)45/h3-29H,2H2,1H3/b11-3-. The molecule has 0 radical (unpaired) electrons. The predicted molar refractivity (Wildman–Crippen MR) is 193 cm³/mol. The van der Waals surface area contributed by atoms with E-state index < -0.39 is 0 Å². The molecule has 45 heavy (non-hydrogen) atoms. The van der Waals surface area contributed by atoms with Gasteiger partial charge in [0.2, 0.25) is 0 Å². The van der Waals surface area contributed by atoms with Crippen molar-refractivity contribution in [2.24, 2.45) is 0 Å². The predicted octanol–water partition coefficient (Wildman–Crippen LogP) is 11.7. The van der Waals surface area contributed by atoms with Crippen LogP contribution in [0.5, 0.6) is 0 Å². The van der Waals surface area contributed by atoms with E-state index in [4.69, 9.17) is 0 Å². The molecule has 2 aromatic heterocycles. The Morgan fingerprint density at radius 1 is 0.444 bits per heavy atom. The smallest absolute Gasteiger partial charge is 0.0541 e. The average molecular weight is 577 g/mol.